The second-order valence-corrected chi connectivity index (χ2v) is 10.8. The van der Waals surface area contributed by atoms with Gasteiger partial charge < -0.3 is 10.2 Å². The standard InChI is InChI=1S/C19H35N3O3S/c1-21(17-8-14-26(24,25)15-17)13-7-18(23)20-16-19(9-3-4-10-19)22-11-5-2-6-12-22/h17H,2-16H2,1H3,(H,20,23)/t17-/m0/s1. The molecule has 0 aromatic rings. The lowest BCUT2D eigenvalue weighted by Gasteiger charge is -2.43. The van der Waals surface area contributed by atoms with Crippen LogP contribution in [0.1, 0.15) is 57.8 Å². The summed E-state index contributed by atoms with van der Waals surface area (Å²) >= 11 is 0. The molecule has 0 aromatic carbocycles. The third-order valence-corrected chi connectivity index (χ3v) is 8.45. The number of amides is 1. The first-order valence-corrected chi connectivity index (χ1v) is 12.1. The van der Waals surface area contributed by atoms with Gasteiger partial charge >= 0.3 is 0 Å². The summed E-state index contributed by atoms with van der Waals surface area (Å²) in [5, 5.41) is 3.20. The molecule has 0 bridgehead atoms. The summed E-state index contributed by atoms with van der Waals surface area (Å²) in [5.74, 6) is 0.622. The Kier molecular flexibility index (Phi) is 6.62. The second kappa shape index (κ2) is 8.57. The first-order valence-electron chi connectivity index (χ1n) is 10.3. The molecule has 2 aliphatic heterocycles. The maximum absolute atomic E-state index is 12.4. The van der Waals surface area contributed by atoms with Crippen molar-refractivity contribution in [3.63, 3.8) is 0 Å². The Morgan fingerprint density at radius 3 is 2.46 bits per heavy atom. The molecule has 3 aliphatic rings. The zero-order valence-corrected chi connectivity index (χ0v) is 17.0. The quantitative estimate of drug-likeness (QED) is 0.718. The van der Waals surface area contributed by atoms with E-state index in [0.29, 0.717) is 19.4 Å². The number of piperidine rings is 1. The Hall–Kier alpha value is -0.660. The van der Waals surface area contributed by atoms with E-state index in [-0.39, 0.29) is 29.0 Å². The van der Waals surface area contributed by atoms with Crippen molar-refractivity contribution in [2.45, 2.75) is 69.4 Å². The number of hydrogen-bond acceptors (Lipinski definition) is 5. The van der Waals surface area contributed by atoms with Crippen molar-refractivity contribution in [2.75, 3.05) is 44.7 Å². The van der Waals surface area contributed by atoms with E-state index in [1.54, 1.807) is 0 Å². The van der Waals surface area contributed by atoms with Gasteiger partial charge in [0, 0.05) is 31.1 Å². The van der Waals surface area contributed by atoms with Gasteiger partial charge in [-0.2, -0.15) is 0 Å². The lowest BCUT2D eigenvalue weighted by Crippen LogP contribution is -2.55. The highest BCUT2D eigenvalue weighted by atomic mass is 32.2. The summed E-state index contributed by atoms with van der Waals surface area (Å²) in [6.07, 6.45) is 9.98. The minimum absolute atomic E-state index is 0.0716. The van der Waals surface area contributed by atoms with Crippen molar-refractivity contribution in [1.29, 1.82) is 0 Å². The van der Waals surface area contributed by atoms with Crippen molar-refractivity contribution in [3.05, 3.63) is 0 Å². The average molecular weight is 386 g/mol. The molecule has 150 valence electrons. The van der Waals surface area contributed by atoms with Gasteiger partial charge in [0.25, 0.3) is 0 Å². The van der Waals surface area contributed by atoms with E-state index >= 15 is 0 Å². The van der Waals surface area contributed by atoms with Gasteiger partial charge in [-0.05, 0) is 52.2 Å². The molecular formula is C19H35N3O3S. The number of nitrogens with zero attached hydrogens (tertiary/aromatic N) is 2. The van der Waals surface area contributed by atoms with Crippen LogP contribution in [0, 0.1) is 0 Å². The summed E-state index contributed by atoms with van der Waals surface area (Å²) in [4.78, 5) is 17.1. The lowest BCUT2D eigenvalue weighted by atomic mass is 9.92. The normalized spacial score (nSPS) is 28.5. The van der Waals surface area contributed by atoms with E-state index in [4.69, 9.17) is 0 Å². The first-order chi connectivity index (χ1) is 12.4. The van der Waals surface area contributed by atoms with Crippen LogP contribution in [0.5, 0.6) is 0 Å². The zero-order valence-electron chi connectivity index (χ0n) is 16.2. The van der Waals surface area contributed by atoms with Gasteiger partial charge in [-0.15, -0.1) is 0 Å². The molecule has 1 aliphatic carbocycles. The molecule has 0 spiro atoms. The van der Waals surface area contributed by atoms with Crippen molar-refractivity contribution in [1.82, 2.24) is 15.1 Å². The van der Waals surface area contributed by atoms with Crippen LogP contribution in [-0.2, 0) is 14.6 Å². The molecule has 6 nitrogen and oxygen atoms in total. The van der Waals surface area contributed by atoms with E-state index in [1.807, 2.05) is 11.9 Å². The van der Waals surface area contributed by atoms with Crippen LogP contribution in [0.4, 0.5) is 0 Å². The summed E-state index contributed by atoms with van der Waals surface area (Å²) in [6, 6.07) is 0.0716. The van der Waals surface area contributed by atoms with Gasteiger partial charge in [0.1, 0.15) is 0 Å². The van der Waals surface area contributed by atoms with Crippen LogP contribution in [0.3, 0.4) is 0 Å². The molecule has 1 saturated carbocycles. The molecule has 1 N–H and O–H groups in total. The lowest BCUT2D eigenvalue weighted by molar-refractivity contribution is -0.122. The zero-order chi connectivity index (χ0) is 18.6. The van der Waals surface area contributed by atoms with Crippen molar-refractivity contribution in [3.8, 4) is 0 Å². The Bertz CT molecular complexity index is 581. The molecular weight excluding hydrogens is 350 g/mol. The fourth-order valence-corrected chi connectivity index (χ4v) is 6.75. The van der Waals surface area contributed by atoms with Crippen LogP contribution < -0.4 is 5.32 Å². The van der Waals surface area contributed by atoms with E-state index in [9.17, 15) is 13.2 Å². The highest BCUT2D eigenvalue weighted by Crippen LogP contribution is 2.36. The number of likely N-dealkylation sites (tertiary alicyclic amines) is 1. The molecule has 2 saturated heterocycles. The van der Waals surface area contributed by atoms with Gasteiger partial charge in [0.2, 0.25) is 5.91 Å². The Balaban J connectivity index is 1.44. The van der Waals surface area contributed by atoms with Crippen molar-refractivity contribution >= 4 is 15.7 Å². The highest BCUT2D eigenvalue weighted by Gasteiger charge is 2.40. The van der Waals surface area contributed by atoms with E-state index in [1.165, 1.54) is 58.0 Å². The topological polar surface area (TPSA) is 69.7 Å². The third-order valence-electron chi connectivity index (χ3n) is 6.70. The minimum atomic E-state index is -2.87. The predicted octanol–water partition coefficient (Wildman–Crippen LogP) is 1.41. The predicted molar refractivity (Wildman–Crippen MR) is 104 cm³/mol. The van der Waals surface area contributed by atoms with E-state index in [0.717, 1.165) is 6.54 Å². The van der Waals surface area contributed by atoms with Gasteiger partial charge in [-0.1, -0.05) is 19.3 Å². The highest BCUT2D eigenvalue weighted by molar-refractivity contribution is 7.91. The molecule has 0 unspecified atom stereocenters. The Labute approximate surface area is 158 Å². The fraction of sp³-hybridized carbons (Fsp3) is 0.947. The number of hydrogen-bond donors (Lipinski definition) is 1. The number of sulfone groups is 1. The maximum atomic E-state index is 12.4. The number of rotatable bonds is 7. The summed E-state index contributed by atoms with van der Waals surface area (Å²) < 4.78 is 23.2. The summed E-state index contributed by atoms with van der Waals surface area (Å²) in [6.45, 7) is 3.75. The van der Waals surface area contributed by atoms with E-state index in [2.05, 4.69) is 10.2 Å². The van der Waals surface area contributed by atoms with Gasteiger partial charge in [-0.25, -0.2) is 8.42 Å². The molecule has 3 rings (SSSR count). The largest absolute Gasteiger partial charge is 0.354 e. The number of carbonyl (C=O) groups excluding carboxylic acids is 1. The fourth-order valence-electron chi connectivity index (χ4n) is 4.94. The van der Waals surface area contributed by atoms with Crippen LogP contribution in [0.15, 0.2) is 0 Å². The first kappa shape index (κ1) is 20.1. The van der Waals surface area contributed by atoms with Crippen LogP contribution in [0.2, 0.25) is 0 Å². The average Bonchev–Trinajstić information content (AvgIpc) is 3.26. The number of nitrogens with one attached hydrogen (secondary N) is 1. The molecule has 1 atom stereocenters. The Morgan fingerprint density at radius 1 is 1.15 bits per heavy atom. The molecule has 1 amide bonds. The molecule has 0 radical (unpaired) electrons. The molecule has 2 heterocycles. The van der Waals surface area contributed by atoms with Crippen molar-refractivity contribution in [2.24, 2.45) is 0 Å². The van der Waals surface area contributed by atoms with E-state index < -0.39 is 9.84 Å². The van der Waals surface area contributed by atoms with Gasteiger partial charge in [0.15, 0.2) is 9.84 Å². The second-order valence-electron chi connectivity index (χ2n) is 8.54. The monoisotopic (exact) mass is 385 g/mol. The van der Waals surface area contributed by atoms with Crippen LogP contribution in [-0.4, -0.2) is 80.4 Å². The molecule has 26 heavy (non-hydrogen) atoms. The molecule has 0 aromatic heterocycles. The summed E-state index contributed by atoms with van der Waals surface area (Å²) in [7, 11) is -0.933. The summed E-state index contributed by atoms with van der Waals surface area (Å²) in [5.41, 5.74) is 0.182. The SMILES string of the molecule is CN(CCC(=O)NCC1(N2CCCCC2)CCCC1)[C@H]1CCS(=O)(=O)C1. The minimum Gasteiger partial charge on any atom is -0.354 e. The van der Waals surface area contributed by atoms with Gasteiger partial charge in [-0.3, -0.25) is 9.69 Å². The molecule has 3 fully saturated rings. The number of carbonyl (C=O) groups is 1. The molecule has 7 heteroatoms. The van der Waals surface area contributed by atoms with Crippen LogP contribution in [0.25, 0.3) is 0 Å². The van der Waals surface area contributed by atoms with Crippen molar-refractivity contribution < 1.29 is 13.2 Å². The Morgan fingerprint density at radius 2 is 1.85 bits per heavy atom. The third kappa shape index (κ3) is 4.98. The smallest absolute Gasteiger partial charge is 0.221 e. The van der Waals surface area contributed by atoms with Crippen LogP contribution >= 0.6 is 0 Å². The van der Waals surface area contributed by atoms with Gasteiger partial charge in [0.05, 0.1) is 11.5 Å². The maximum Gasteiger partial charge on any atom is 0.221 e.